The van der Waals surface area contributed by atoms with Crippen LogP contribution in [0.4, 0.5) is 4.39 Å². The second kappa shape index (κ2) is 5.17. The maximum Gasteiger partial charge on any atom is 0.235 e. The highest BCUT2D eigenvalue weighted by molar-refractivity contribution is 6.31. The zero-order valence-electron chi connectivity index (χ0n) is 7.19. The van der Waals surface area contributed by atoms with E-state index in [0.29, 0.717) is 10.6 Å². The zero-order chi connectivity index (χ0) is 10.6. The Morgan fingerprint density at radius 1 is 1.50 bits per heavy atom. The molecule has 0 bridgehead atoms. The van der Waals surface area contributed by atoms with Gasteiger partial charge in [0.15, 0.2) is 0 Å². The van der Waals surface area contributed by atoms with Crippen molar-refractivity contribution in [2.45, 2.75) is 6.54 Å². The van der Waals surface area contributed by atoms with Gasteiger partial charge in [-0.3, -0.25) is 4.79 Å². The van der Waals surface area contributed by atoms with Crippen LogP contribution in [-0.2, 0) is 11.3 Å². The van der Waals surface area contributed by atoms with Crippen LogP contribution < -0.4 is 5.32 Å². The number of carbonyl (C=O) groups is 1. The molecule has 5 heteroatoms. The van der Waals surface area contributed by atoms with E-state index in [1.54, 1.807) is 0 Å². The lowest BCUT2D eigenvalue weighted by atomic mass is 10.2. The van der Waals surface area contributed by atoms with Gasteiger partial charge in [0, 0.05) is 11.6 Å². The van der Waals surface area contributed by atoms with Crippen LogP contribution in [0.15, 0.2) is 18.2 Å². The maximum atomic E-state index is 12.6. The molecule has 0 aliphatic heterocycles. The summed E-state index contributed by atoms with van der Waals surface area (Å²) < 4.78 is 12.6. The molecule has 0 aliphatic carbocycles. The Bertz CT molecular complexity index is 344. The molecule has 0 fully saturated rings. The van der Waals surface area contributed by atoms with Crippen LogP contribution in [0.5, 0.6) is 0 Å². The topological polar surface area (TPSA) is 29.1 Å². The number of rotatable bonds is 3. The molecule has 0 radical (unpaired) electrons. The largest absolute Gasteiger partial charge is 0.351 e. The summed E-state index contributed by atoms with van der Waals surface area (Å²) in [6.07, 6.45) is 0. The molecule has 0 aromatic heterocycles. The molecule has 0 atom stereocenters. The summed E-state index contributed by atoms with van der Waals surface area (Å²) in [6, 6.07) is 4.00. The first kappa shape index (κ1) is 11.3. The lowest BCUT2D eigenvalue weighted by Crippen LogP contribution is -2.23. The molecular weight excluding hydrogens is 228 g/mol. The van der Waals surface area contributed by atoms with Gasteiger partial charge < -0.3 is 5.32 Å². The summed E-state index contributed by atoms with van der Waals surface area (Å²) in [6.45, 7) is 0.255. The standard InChI is InChI=1S/C9H8Cl2FNO/c10-4-9(14)13-5-6-1-2-7(12)3-8(6)11/h1-3H,4-5H2,(H,13,14). The van der Waals surface area contributed by atoms with Gasteiger partial charge in [-0.2, -0.15) is 0 Å². The second-order valence-corrected chi connectivity index (χ2v) is 3.32. The summed E-state index contributed by atoms with van der Waals surface area (Å²) in [5.41, 5.74) is 0.659. The van der Waals surface area contributed by atoms with Crippen LogP contribution in [-0.4, -0.2) is 11.8 Å². The molecule has 0 aliphatic rings. The third-order valence-corrected chi connectivity index (χ3v) is 2.21. The van der Waals surface area contributed by atoms with Gasteiger partial charge in [-0.15, -0.1) is 11.6 Å². The summed E-state index contributed by atoms with van der Waals surface area (Å²) in [5.74, 6) is -0.784. The molecule has 0 heterocycles. The third-order valence-electron chi connectivity index (χ3n) is 1.61. The first-order valence-electron chi connectivity index (χ1n) is 3.90. The molecule has 2 nitrogen and oxygen atoms in total. The fourth-order valence-corrected chi connectivity index (χ4v) is 1.23. The molecule has 1 amide bonds. The Morgan fingerprint density at radius 2 is 2.21 bits per heavy atom. The highest BCUT2D eigenvalue weighted by atomic mass is 35.5. The normalized spacial score (nSPS) is 9.93. The number of halogens is 3. The Morgan fingerprint density at radius 3 is 2.79 bits per heavy atom. The number of nitrogens with one attached hydrogen (secondary N) is 1. The van der Waals surface area contributed by atoms with Crippen LogP contribution in [0.3, 0.4) is 0 Å². The Hall–Kier alpha value is -0.800. The van der Waals surface area contributed by atoms with Crippen molar-refractivity contribution >= 4 is 29.1 Å². The summed E-state index contributed by atoms with van der Waals surface area (Å²) >= 11 is 11.0. The first-order chi connectivity index (χ1) is 6.63. The number of hydrogen-bond donors (Lipinski definition) is 1. The molecule has 1 rings (SSSR count). The van der Waals surface area contributed by atoms with Crippen molar-refractivity contribution in [2.75, 3.05) is 5.88 Å². The highest BCUT2D eigenvalue weighted by Gasteiger charge is 2.03. The van der Waals surface area contributed by atoms with Gasteiger partial charge in [-0.25, -0.2) is 4.39 Å². The number of amides is 1. The van der Waals surface area contributed by atoms with Crippen molar-refractivity contribution in [3.63, 3.8) is 0 Å². The fourth-order valence-electron chi connectivity index (χ4n) is 0.906. The van der Waals surface area contributed by atoms with Crippen molar-refractivity contribution in [3.8, 4) is 0 Å². The van der Waals surface area contributed by atoms with Crippen LogP contribution in [0.25, 0.3) is 0 Å². The summed E-state index contributed by atoms with van der Waals surface area (Å²) in [5, 5.41) is 2.82. The van der Waals surface area contributed by atoms with E-state index in [0.717, 1.165) is 0 Å². The Kier molecular flexibility index (Phi) is 4.17. The van der Waals surface area contributed by atoms with E-state index in [2.05, 4.69) is 5.32 Å². The lowest BCUT2D eigenvalue weighted by Gasteiger charge is -2.05. The van der Waals surface area contributed by atoms with Crippen molar-refractivity contribution in [1.82, 2.24) is 5.32 Å². The third kappa shape index (κ3) is 3.16. The quantitative estimate of drug-likeness (QED) is 0.801. The van der Waals surface area contributed by atoms with Crippen molar-refractivity contribution in [3.05, 3.63) is 34.6 Å². The lowest BCUT2D eigenvalue weighted by molar-refractivity contribution is -0.118. The number of carbonyl (C=O) groups excluding carboxylic acids is 1. The molecule has 0 spiro atoms. The van der Waals surface area contributed by atoms with E-state index >= 15 is 0 Å². The van der Waals surface area contributed by atoms with Gasteiger partial charge in [0.1, 0.15) is 11.7 Å². The maximum absolute atomic E-state index is 12.6. The number of alkyl halides is 1. The average molecular weight is 236 g/mol. The molecule has 0 unspecified atom stereocenters. The molecule has 1 aromatic rings. The molecule has 1 N–H and O–H groups in total. The van der Waals surface area contributed by atoms with Gasteiger partial charge >= 0.3 is 0 Å². The van der Waals surface area contributed by atoms with Gasteiger partial charge in [0.2, 0.25) is 5.91 Å². The van der Waals surface area contributed by atoms with Gasteiger partial charge in [-0.05, 0) is 17.7 Å². The number of hydrogen-bond acceptors (Lipinski definition) is 1. The zero-order valence-corrected chi connectivity index (χ0v) is 8.70. The minimum atomic E-state index is -0.401. The predicted molar refractivity (Wildman–Crippen MR) is 54.0 cm³/mol. The molecular formula is C9H8Cl2FNO. The van der Waals surface area contributed by atoms with Crippen LogP contribution in [0.1, 0.15) is 5.56 Å². The Labute approximate surface area is 91.0 Å². The average Bonchev–Trinajstić information content (AvgIpc) is 2.16. The number of benzene rings is 1. The van der Waals surface area contributed by atoms with E-state index in [4.69, 9.17) is 23.2 Å². The Balaban J connectivity index is 2.63. The van der Waals surface area contributed by atoms with Crippen LogP contribution in [0, 0.1) is 5.82 Å². The van der Waals surface area contributed by atoms with Crippen molar-refractivity contribution in [2.24, 2.45) is 0 Å². The van der Waals surface area contributed by atoms with E-state index in [1.807, 2.05) is 0 Å². The summed E-state index contributed by atoms with van der Waals surface area (Å²) in [7, 11) is 0. The minimum Gasteiger partial charge on any atom is -0.351 e. The van der Waals surface area contributed by atoms with Crippen molar-refractivity contribution < 1.29 is 9.18 Å². The molecule has 0 saturated heterocycles. The van der Waals surface area contributed by atoms with E-state index < -0.39 is 5.82 Å². The molecule has 76 valence electrons. The SMILES string of the molecule is O=C(CCl)NCc1ccc(F)cc1Cl. The minimum absolute atomic E-state index is 0.0984. The van der Waals surface area contributed by atoms with E-state index in [1.165, 1.54) is 18.2 Å². The predicted octanol–water partition coefficient (Wildman–Crippen LogP) is 2.33. The smallest absolute Gasteiger partial charge is 0.235 e. The van der Waals surface area contributed by atoms with Gasteiger partial charge in [0.25, 0.3) is 0 Å². The fraction of sp³-hybridized carbons (Fsp3) is 0.222. The van der Waals surface area contributed by atoms with Crippen LogP contribution >= 0.6 is 23.2 Å². The second-order valence-electron chi connectivity index (χ2n) is 2.65. The monoisotopic (exact) mass is 235 g/mol. The van der Waals surface area contributed by atoms with E-state index in [-0.39, 0.29) is 18.3 Å². The first-order valence-corrected chi connectivity index (χ1v) is 4.81. The van der Waals surface area contributed by atoms with Crippen LogP contribution in [0.2, 0.25) is 5.02 Å². The van der Waals surface area contributed by atoms with Gasteiger partial charge in [0.05, 0.1) is 0 Å². The van der Waals surface area contributed by atoms with Gasteiger partial charge in [-0.1, -0.05) is 17.7 Å². The van der Waals surface area contributed by atoms with Crippen molar-refractivity contribution in [1.29, 1.82) is 0 Å². The highest BCUT2D eigenvalue weighted by Crippen LogP contribution is 2.16. The molecule has 1 aromatic carbocycles. The summed E-state index contributed by atoms with van der Waals surface area (Å²) in [4.78, 5) is 10.8. The molecule has 0 saturated carbocycles. The van der Waals surface area contributed by atoms with E-state index in [9.17, 15) is 9.18 Å². The molecule has 14 heavy (non-hydrogen) atoms.